The molecule has 0 aliphatic rings. The van der Waals surface area contributed by atoms with Crippen LogP contribution >= 0.6 is 23.2 Å². The normalized spacial score (nSPS) is 11.2. The Morgan fingerprint density at radius 3 is 2.44 bits per heavy atom. The zero-order valence-electron chi connectivity index (χ0n) is 14.5. The molecule has 6 nitrogen and oxygen atoms in total. The van der Waals surface area contributed by atoms with E-state index in [9.17, 15) is 13.2 Å². The molecule has 0 aliphatic heterocycles. The summed E-state index contributed by atoms with van der Waals surface area (Å²) in [6, 6.07) is 11.1. The minimum absolute atomic E-state index is 0.00427. The van der Waals surface area contributed by atoms with Gasteiger partial charge in [-0.1, -0.05) is 35.3 Å². The SMILES string of the molecule is NCCc1ccc(S(=O)(=O)NC(=O)CCCOc2ccc(Cl)cc2Cl)cc1. The Morgan fingerprint density at radius 1 is 1.11 bits per heavy atom. The number of hydrogen-bond donors (Lipinski definition) is 2. The molecule has 3 N–H and O–H groups in total. The number of nitrogens with one attached hydrogen (secondary N) is 1. The fourth-order valence-electron chi connectivity index (χ4n) is 2.27. The summed E-state index contributed by atoms with van der Waals surface area (Å²) in [5, 5.41) is 0.862. The average Bonchev–Trinajstić information content (AvgIpc) is 2.60. The monoisotopic (exact) mass is 430 g/mol. The highest BCUT2D eigenvalue weighted by Crippen LogP contribution is 2.27. The van der Waals surface area contributed by atoms with Gasteiger partial charge >= 0.3 is 0 Å². The lowest BCUT2D eigenvalue weighted by Crippen LogP contribution is -2.30. The van der Waals surface area contributed by atoms with Gasteiger partial charge in [0.15, 0.2) is 0 Å². The van der Waals surface area contributed by atoms with Gasteiger partial charge in [0.05, 0.1) is 16.5 Å². The Balaban J connectivity index is 1.81. The summed E-state index contributed by atoms with van der Waals surface area (Å²) in [4.78, 5) is 11.9. The van der Waals surface area contributed by atoms with Crippen LogP contribution in [0.3, 0.4) is 0 Å². The number of rotatable bonds is 9. The summed E-state index contributed by atoms with van der Waals surface area (Å²) in [6.45, 7) is 0.689. The molecule has 27 heavy (non-hydrogen) atoms. The summed E-state index contributed by atoms with van der Waals surface area (Å²) < 4.78 is 32.0. The first-order chi connectivity index (χ1) is 12.8. The van der Waals surface area contributed by atoms with Gasteiger partial charge in [-0.2, -0.15) is 0 Å². The predicted molar refractivity (Wildman–Crippen MR) is 106 cm³/mol. The molecular formula is C18H20Cl2N2O4S. The van der Waals surface area contributed by atoms with E-state index in [4.69, 9.17) is 33.7 Å². The molecule has 0 bridgehead atoms. The van der Waals surface area contributed by atoms with Crippen molar-refractivity contribution >= 4 is 39.1 Å². The van der Waals surface area contributed by atoms with Gasteiger partial charge in [0.2, 0.25) is 5.91 Å². The second-order valence-electron chi connectivity index (χ2n) is 5.74. The van der Waals surface area contributed by atoms with Crippen LogP contribution in [0, 0.1) is 0 Å². The molecule has 146 valence electrons. The number of hydrogen-bond acceptors (Lipinski definition) is 5. The van der Waals surface area contributed by atoms with Gasteiger partial charge in [0.1, 0.15) is 5.75 Å². The third kappa shape index (κ3) is 6.70. The average molecular weight is 431 g/mol. The van der Waals surface area contributed by atoms with Crippen LogP contribution in [0.4, 0.5) is 0 Å². The van der Waals surface area contributed by atoms with Gasteiger partial charge in [-0.3, -0.25) is 4.79 Å². The number of sulfonamides is 1. The van der Waals surface area contributed by atoms with Gasteiger partial charge < -0.3 is 10.5 Å². The smallest absolute Gasteiger partial charge is 0.264 e. The molecular weight excluding hydrogens is 411 g/mol. The molecule has 1 amide bonds. The standard InChI is InChI=1S/C18H20Cl2N2O4S/c19-14-5-8-17(16(20)12-14)26-11-1-2-18(23)22-27(24,25)15-6-3-13(4-7-15)9-10-21/h3-8,12H,1-2,9-11,21H2,(H,22,23). The van der Waals surface area contributed by atoms with Crippen LogP contribution in [0.1, 0.15) is 18.4 Å². The molecule has 2 aromatic rings. The zero-order chi connectivity index (χ0) is 19.9. The number of halogens is 2. The van der Waals surface area contributed by atoms with Crippen molar-refractivity contribution in [2.24, 2.45) is 5.73 Å². The van der Waals surface area contributed by atoms with E-state index < -0.39 is 15.9 Å². The summed E-state index contributed by atoms with van der Waals surface area (Å²) in [5.41, 5.74) is 6.39. The van der Waals surface area contributed by atoms with Crippen molar-refractivity contribution in [3.05, 3.63) is 58.1 Å². The Kier molecular flexibility index (Phi) is 7.91. The van der Waals surface area contributed by atoms with E-state index in [0.29, 0.717) is 35.2 Å². The largest absolute Gasteiger partial charge is 0.492 e. The van der Waals surface area contributed by atoms with Crippen LogP contribution < -0.4 is 15.2 Å². The van der Waals surface area contributed by atoms with Crippen LogP contribution in [0.5, 0.6) is 5.75 Å². The van der Waals surface area contributed by atoms with E-state index in [0.717, 1.165) is 5.56 Å². The summed E-state index contributed by atoms with van der Waals surface area (Å²) in [6.07, 6.45) is 0.982. The summed E-state index contributed by atoms with van der Waals surface area (Å²) in [5.74, 6) is -0.154. The van der Waals surface area contributed by atoms with Gasteiger partial charge in [0.25, 0.3) is 10.0 Å². The molecule has 0 radical (unpaired) electrons. The van der Waals surface area contributed by atoms with Crippen molar-refractivity contribution in [2.45, 2.75) is 24.2 Å². The number of carbonyl (C=O) groups excluding carboxylic acids is 1. The lowest BCUT2D eigenvalue weighted by atomic mass is 10.2. The van der Waals surface area contributed by atoms with Gasteiger partial charge in [-0.15, -0.1) is 0 Å². The fraction of sp³-hybridized carbons (Fsp3) is 0.278. The first-order valence-electron chi connectivity index (χ1n) is 8.24. The molecule has 0 aromatic heterocycles. The number of benzene rings is 2. The first kappa shape index (κ1) is 21.5. The maximum Gasteiger partial charge on any atom is 0.264 e. The summed E-state index contributed by atoms with van der Waals surface area (Å²) >= 11 is 11.8. The second-order valence-corrected chi connectivity index (χ2v) is 8.26. The molecule has 0 fully saturated rings. The molecule has 0 saturated carbocycles. The maximum absolute atomic E-state index is 12.2. The van der Waals surface area contributed by atoms with Crippen molar-refractivity contribution in [2.75, 3.05) is 13.2 Å². The van der Waals surface area contributed by atoms with Crippen LogP contribution in [0.15, 0.2) is 47.4 Å². The topological polar surface area (TPSA) is 98.5 Å². The molecule has 0 heterocycles. The van der Waals surface area contributed by atoms with Gasteiger partial charge in [-0.25, -0.2) is 13.1 Å². The zero-order valence-corrected chi connectivity index (χ0v) is 16.8. The van der Waals surface area contributed by atoms with E-state index >= 15 is 0 Å². The van der Waals surface area contributed by atoms with Crippen molar-refractivity contribution in [1.29, 1.82) is 0 Å². The minimum atomic E-state index is -3.90. The van der Waals surface area contributed by atoms with Crippen molar-refractivity contribution < 1.29 is 17.9 Å². The third-order valence-corrected chi connectivity index (χ3v) is 5.53. The number of ether oxygens (including phenoxy) is 1. The highest BCUT2D eigenvalue weighted by atomic mass is 35.5. The Morgan fingerprint density at radius 2 is 1.81 bits per heavy atom. The van der Waals surface area contributed by atoms with E-state index in [2.05, 4.69) is 4.72 Å². The van der Waals surface area contributed by atoms with Crippen molar-refractivity contribution in [3.8, 4) is 5.75 Å². The number of carbonyl (C=O) groups is 1. The van der Waals surface area contributed by atoms with Crippen molar-refractivity contribution in [3.63, 3.8) is 0 Å². The van der Waals surface area contributed by atoms with Crippen LogP contribution in [-0.2, 0) is 21.2 Å². The van der Waals surface area contributed by atoms with Crippen LogP contribution in [-0.4, -0.2) is 27.5 Å². The first-order valence-corrected chi connectivity index (χ1v) is 10.5. The highest BCUT2D eigenvalue weighted by Gasteiger charge is 2.17. The van der Waals surface area contributed by atoms with Crippen molar-refractivity contribution in [1.82, 2.24) is 4.72 Å². The van der Waals surface area contributed by atoms with Crippen LogP contribution in [0.2, 0.25) is 10.0 Å². The molecule has 2 aromatic carbocycles. The molecule has 0 saturated heterocycles. The molecule has 2 rings (SSSR count). The lowest BCUT2D eigenvalue weighted by molar-refractivity contribution is -0.119. The molecule has 9 heteroatoms. The molecule has 0 unspecified atom stereocenters. The second kappa shape index (κ2) is 9.94. The number of amides is 1. The van der Waals surface area contributed by atoms with E-state index in [-0.39, 0.29) is 17.9 Å². The number of nitrogens with two attached hydrogens (primary N) is 1. The van der Waals surface area contributed by atoms with Gasteiger partial charge in [-0.05, 0) is 55.3 Å². The van der Waals surface area contributed by atoms with Crippen LogP contribution in [0.25, 0.3) is 0 Å². The Hall–Kier alpha value is -1.80. The Labute approximate surface area is 168 Å². The molecule has 0 aliphatic carbocycles. The van der Waals surface area contributed by atoms with Gasteiger partial charge in [0, 0.05) is 11.4 Å². The quantitative estimate of drug-likeness (QED) is 0.595. The minimum Gasteiger partial charge on any atom is -0.492 e. The fourth-order valence-corrected chi connectivity index (χ4v) is 3.75. The van der Waals surface area contributed by atoms with E-state index in [1.54, 1.807) is 30.3 Å². The third-order valence-electron chi connectivity index (χ3n) is 3.61. The lowest BCUT2D eigenvalue weighted by Gasteiger charge is -2.09. The van der Waals surface area contributed by atoms with E-state index in [1.807, 2.05) is 0 Å². The summed E-state index contributed by atoms with van der Waals surface area (Å²) in [7, 11) is -3.90. The maximum atomic E-state index is 12.2. The van der Waals surface area contributed by atoms with E-state index in [1.165, 1.54) is 12.1 Å². The predicted octanol–water partition coefficient (Wildman–Crippen LogP) is 3.16. The highest BCUT2D eigenvalue weighted by molar-refractivity contribution is 7.90. The molecule has 0 spiro atoms. The Bertz CT molecular complexity index is 887. The molecule has 0 atom stereocenters.